The molecule has 3 N–H and O–H groups in total. The highest BCUT2D eigenvalue weighted by Crippen LogP contribution is 2.60. The fraction of sp³-hybridized carbons (Fsp3) is 0.895. The van der Waals surface area contributed by atoms with Gasteiger partial charge >= 0.3 is 6.18 Å². The van der Waals surface area contributed by atoms with Crippen molar-refractivity contribution in [3.8, 4) is 0 Å². The third-order valence-corrected chi connectivity index (χ3v) is 7.33. The van der Waals surface area contributed by atoms with Crippen LogP contribution in [0.5, 0.6) is 0 Å². The lowest BCUT2D eigenvalue weighted by molar-refractivity contribution is -0.173. The Balaban J connectivity index is 1.20. The molecule has 4 saturated carbocycles. The van der Waals surface area contributed by atoms with E-state index in [0.717, 1.165) is 0 Å². The predicted molar refractivity (Wildman–Crippen MR) is 103 cm³/mol. The van der Waals surface area contributed by atoms with Crippen molar-refractivity contribution in [3.63, 3.8) is 0 Å². The Kier molecular flexibility index (Phi) is 5.94. The molecule has 0 aromatic rings. The minimum absolute atomic E-state index is 0.0311. The number of rotatable bonds is 6. The summed E-state index contributed by atoms with van der Waals surface area (Å²) in [5.74, 6) is -2.17. The molecule has 5 rings (SSSR count). The highest BCUT2D eigenvalue weighted by Gasteiger charge is 2.69. The second-order valence-electron chi connectivity index (χ2n) is 9.54. The van der Waals surface area contributed by atoms with Crippen LogP contribution in [0.25, 0.3) is 0 Å². The number of hydrogen-bond donors (Lipinski definition) is 3. The van der Waals surface area contributed by atoms with Gasteiger partial charge in [0.2, 0.25) is 11.8 Å². The third-order valence-electron chi connectivity index (χ3n) is 6.84. The first-order valence-corrected chi connectivity index (χ1v) is 10.9. The van der Waals surface area contributed by atoms with Gasteiger partial charge in [-0.25, -0.2) is 14.8 Å². The molecule has 0 spiro atoms. The number of carbonyl (C=O) groups is 2. The van der Waals surface area contributed by atoms with Gasteiger partial charge in [-0.3, -0.25) is 9.59 Å². The molecule has 7 nitrogen and oxygen atoms in total. The molecule has 0 radical (unpaired) electrons. The lowest BCUT2D eigenvalue weighted by atomic mass is 9.44. The van der Waals surface area contributed by atoms with E-state index in [1.807, 2.05) is 0 Å². The lowest BCUT2D eigenvalue weighted by Gasteiger charge is -2.70. The van der Waals surface area contributed by atoms with Crippen LogP contribution in [0.4, 0.5) is 17.6 Å². The zero-order valence-electron chi connectivity index (χ0n) is 17.1. The number of amides is 2. The fourth-order valence-electron chi connectivity index (χ4n) is 5.44. The maximum absolute atomic E-state index is 13.6. The Morgan fingerprint density at radius 2 is 1.84 bits per heavy atom. The van der Waals surface area contributed by atoms with E-state index in [1.165, 1.54) is 12.1 Å². The molecule has 1 heterocycles. The number of halogens is 5. The molecule has 2 amide bonds. The van der Waals surface area contributed by atoms with Gasteiger partial charge in [-0.05, 0) is 32.1 Å². The number of ether oxygens (including phenoxy) is 1. The van der Waals surface area contributed by atoms with Gasteiger partial charge in [0, 0.05) is 31.1 Å². The van der Waals surface area contributed by atoms with Crippen LogP contribution < -0.4 is 16.1 Å². The van der Waals surface area contributed by atoms with Crippen LogP contribution in [-0.2, 0) is 14.3 Å². The van der Waals surface area contributed by atoms with Gasteiger partial charge in [0.25, 0.3) is 0 Å². The van der Waals surface area contributed by atoms with Crippen molar-refractivity contribution in [2.75, 3.05) is 20.2 Å². The lowest BCUT2D eigenvalue weighted by Crippen LogP contribution is -2.84. The summed E-state index contributed by atoms with van der Waals surface area (Å²) < 4.78 is 58.7. The van der Waals surface area contributed by atoms with E-state index >= 15 is 0 Å². The predicted octanol–water partition coefficient (Wildman–Crippen LogP) is 1.41. The van der Waals surface area contributed by atoms with Crippen LogP contribution in [-0.4, -0.2) is 78.0 Å². The van der Waals surface area contributed by atoms with Gasteiger partial charge in [-0.1, -0.05) is 0 Å². The average molecular weight is 471 g/mol. The molecule has 5 atom stereocenters. The molecule has 31 heavy (non-hydrogen) atoms. The Labute approximate surface area is 182 Å². The SMILES string of the molecule is CN1CC(C(=O)NC23CC(NC(=O)COC4CCC(Cl)C(F)C4)(C2)C3)C(C(F)(F)F)N1. The number of nitrogens with one attached hydrogen (secondary N) is 3. The summed E-state index contributed by atoms with van der Waals surface area (Å²) in [6, 6.07) is -1.91. The van der Waals surface area contributed by atoms with Crippen molar-refractivity contribution in [2.45, 2.75) is 79.5 Å². The number of alkyl halides is 5. The zero-order chi connectivity index (χ0) is 22.6. The van der Waals surface area contributed by atoms with Crippen molar-refractivity contribution >= 4 is 23.4 Å². The molecule has 1 aliphatic heterocycles. The fourth-order valence-corrected chi connectivity index (χ4v) is 5.67. The Bertz CT molecular complexity index is 720. The van der Waals surface area contributed by atoms with E-state index in [0.29, 0.717) is 32.1 Å². The van der Waals surface area contributed by atoms with E-state index in [2.05, 4.69) is 16.1 Å². The van der Waals surface area contributed by atoms with Crippen LogP contribution in [0.2, 0.25) is 0 Å². The number of nitrogens with zero attached hydrogens (tertiary/aromatic N) is 1. The highest BCUT2D eigenvalue weighted by molar-refractivity contribution is 6.21. The minimum atomic E-state index is -4.52. The van der Waals surface area contributed by atoms with Crippen LogP contribution in [0.3, 0.4) is 0 Å². The van der Waals surface area contributed by atoms with Crippen LogP contribution in [0, 0.1) is 5.92 Å². The molecule has 5 unspecified atom stereocenters. The van der Waals surface area contributed by atoms with Crippen molar-refractivity contribution < 1.29 is 31.9 Å². The van der Waals surface area contributed by atoms with Gasteiger partial charge in [-0.15, -0.1) is 11.6 Å². The Hall–Kier alpha value is -1.17. The standard InChI is InChI=1S/C19H27ClF4N4O3/c1-28-5-11(15(27-28)19(22,23)24)16(30)26-18-7-17(8-18,9-18)25-14(29)6-31-10-2-3-12(20)13(21)4-10/h10-13,15,27H,2-9H2,1H3,(H,25,29)(H,26,30). The highest BCUT2D eigenvalue weighted by atomic mass is 35.5. The normalized spacial score (nSPS) is 42.5. The summed E-state index contributed by atoms with van der Waals surface area (Å²) in [5.41, 5.74) is 1.29. The first kappa shape index (κ1) is 23.0. The summed E-state index contributed by atoms with van der Waals surface area (Å²) in [7, 11) is 1.47. The second-order valence-corrected chi connectivity index (χ2v) is 10.1. The molecule has 0 aromatic carbocycles. The molecule has 0 aromatic heterocycles. The largest absolute Gasteiger partial charge is 0.405 e. The van der Waals surface area contributed by atoms with Gasteiger partial charge < -0.3 is 15.4 Å². The number of carbonyl (C=O) groups excluding carboxylic acids is 2. The molecule has 12 heteroatoms. The minimum Gasteiger partial charge on any atom is -0.368 e. The van der Waals surface area contributed by atoms with Gasteiger partial charge in [0.05, 0.1) is 17.4 Å². The molecule has 5 fully saturated rings. The number of hydrogen-bond acceptors (Lipinski definition) is 5. The molecule has 176 valence electrons. The molecular formula is C19H27ClF4N4O3. The maximum Gasteiger partial charge on any atom is 0.405 e. The van der Waals surface area contributed by atoms with Crippen LogP contribution in [0.1, 0.15) is 38.5 Å². The summed E-state index contributed by atoms with van der Waals surface area (Å²) >= 11 is 5.84. The van der Waals surface area contributed by atoms with Crippen LogP contribution in [0.15, 0.2) is 0 Å². The smallest absolute Gasteiger partial charge is 0.368 e. The van der Waals surface area contributed by atoms with Crippen molar-refractivity contribution in [1.82, 2.24) is 21.1 Å². The molecule has 1 saturated heterocycles. The third kappa shape index (κ3) is 4.65. The summed E-state index contributed by atoms with van der Waals surface area (Å²) in [6.07, 6.45) is -3.28. The molecule has 2 bridgehead atoms. The summed E-state index contributed by atoms with van der Waals surface area (Å²) in [4.78, 5) is 24.7. The zero-order valence-corrected chi connectivity index (χ0v) is 17.9. The molecule has 5 aliphatic rings. The van der Waals surface area contributed by atoms with Crippen molar-refractivity contribution in [3.05, 3.63) is 0 Å². The van der Waals surface area contributed by atoms with Gasteiger partial charge in [0.1, 0.15) is 18.8 Å². The van der Waals surface area contributed by atoms with Crippen molar-refractivity contribution in [2.24, 2.45) is 5.92 Å². The van der Waals surface area contributed by atoms with E-state index in [4.69, 9.17) is 16.3 Å². The van der Waals surface area contributed by atoms with E-state index < -0.39 is 46.7 Å². The second kappa shape index (κ2) is 8.00. The first-order valence-electron chi connectivity index (χ1n) is 10.5. The van der Waals surface area contributed by atoms with Crippen molar-refractivity contribution in [1.29, 1.82) is 0 Å². The van der Waals surface area contributed by atoms with E-state index in [9.17, 15) is 27.2 Å². The monoisotopic (exact) mass is 470 g/mol. The summed E-state index contributed by atoms with van der Waals surface area (Å²) in [5, 5.41) is 6.43. The average Bonchev–Trinajstić information content (AvgIpc) is 3.02. The topological polar surface area (TPSA) is 82.7 Å². The molecule has 4 aliphatic carbocycles. The van der Waals surface area contributed by atoms with Crippen LogP contribution >= 0.6 is 11.6 Å². The van der Waals surface area contributed by atoms with Gasteiger partial charge in [-0.2, -0.15) is 13.2 Å². The van der Waals surface area contributed by atoms with Gasteiger partial charge in [0.15, 0.2) is 0 Å². The first-order chi connectivity index (χ1) is 14.4. The Morgan fingerprint density at radius 1 is 1.19 bits per heavy atom. The molecular weight excluding hydrogens is 444 g/mol. The maximum atomic E-state index is 13.6. The summed E-state index contributed by atoms with van der Waals surface area (Å²) in [6.45, 7) is -0.213. The Morgan fingerprint density at radius 3 is 2.45 bits per heavy atom. The number of hydrazine groups is 1. The van der Waals surface area contributed by atoms with E-state index in [1.54, 1.807) is 0 Å². The van der Waals surface area contributed by atoms with E-state index in [-0.39, 0.29) is 31.6 Å². The quantitative estimate of drug-likeness (QED) is 0.404.